The second-order valence-electron chi connectivity index (χ2n) is 2.79. The fraction of sp³-hybridized carbons (Fsp3) is 0.250. The fourth-order valence-electron chi connectivity index (χ4n) is 1.13. The van der Waals surface area contributed by atoms with Crippen molar-refractivity contribution in [3.05, 3.63) is 27.5 Å². The zero-order valence-corrected chi connectivity index (χ0v) is 7.33. The molecule has 0 unspecified atom stereocenters. The van der Waals surface area contributed by atoms with E-state index in [0.717, 1.165) is 0 Å². The fourth-order valence-corrected chi connectivity index (χ4v) is 1.13. The largest absolute Gasteiger partial charge is 0.494 e. The Morgan fingerprint density at radius 3 is 2.60 bits per heavy atom. The molecule has 0 aliphatic heterocycles. The van der Waals surface area contributed by atoms with E-state index in [2.05, 4.69) is 0 Å². The lowest BCUT2D eigenvalue weighted by molar-refractivity contribution is -0.136. The molecule has 3 N–H and O–H groups in total. The number of hydrogen-bond acceptors (Lipinski definition) is 3. The zero-order chi connectivity index (χ0) is 11.6. The van der Waals surface area contributed by atoms with Crippen LogP contribution in [0.3, 0.4) is 0 Å². The molecule has 0 saturated heterocycles. The summed E-state index contributed by atoms with van der Waals surface area (Å²) in [6.07, 6.45) is -3.78. The molecule has 1 aromatic rings. The van der Waals surface area contributed by atoms with Gasteiger partial charge in [-0.3, -0.25) is 14.6 Å². The van der Waals surface area contributed by atoms with E-state index in [1.165, 1.54) is 0 Å². The highest BCUT2D eigenvalue weighted by atomic mass is 19.3. The van der Waals surface area contributed by atoms with Gasteiger partial charge in [-0.2, -0.15) is 0 Å². The molecule has 0 radical (unpaired) electrons. The molecule has 0 bridgehead atoms. The number of hydrogen-bond donors (Lipinski definition) is 3. The molecule has 0 saturated carbocycles. The molecule has 0 aliphatic rings. The van der Waals surface area contributed by atoms with Gasteiger partial charge in [0.15, 0.2) is 5.88 Å². The highest BCUT2D eigenvalue weighted by molar-refractivity contribution is 5.71. The molecule has 5 nitrogen and oxygen atoms in total. The normalized spacial score (nSPS) is 10.6. The number of rotatable bonds is 3. The SMILES string of the molecule is O=C(O)Cc1c(C(F)F)cc(=O)[nH]c1O. The Kier molecular flexibility index (Phi) is 3.03. The van der Waals surface area contributed by atoms with E-state index in [1.807, 2.05) is 4.98 Å². The minimum Gasteiger partial charge on any atom is -0.494 e. The minimum atomic E-state index is -3.01. The molecule has 0 amide bonds. The van der Waals surface area contributed by atoms with Crippen molar-refractivity contribution in [2.24, 2.45) is 0 Å². The summed E-state index contributed by atoms with van der Waals surface area (Å²) < 4.78 is 24.8. The van der Waals surface area contributed by atoms with E-state index in [4.69, 9.17) is 10.2 Å². The van der Waals surface area contributed by atoms with Gasteiger partial charge in [0.25, 0.3) is 12.0 Å². The van der Waals surface area contributed by atoms with Gasteiger partial charge in [-0.05, 0) is 0 Å². The number of carbonyl (C=O) groups is 1. The van der Waals surface area contributed by atoms with Crippen LogP contribution < -0.4 is 5.56 Å². The molecule has 82 valence electrons. The van der Waals surface area contributed by atoms with E-state index >= 15 is 0 Å². The Bertz CT molecular complexity index is 441. The number of aromatic amines is 1. The number of halogens is 2. The summed E-state index contributed by atoms with van der Waals surface area (Å²) in [5.41, 5.74) is -2.15. The topological polar surface area (TPSA) is 90.4 Å². The van der Waals surface area contributed by atoms with Gasteiger partial charge >= 0.3 is 5.97 Å². The summed E-state index contributed by atoms with van der Waals surface area (Å²) in [7, 11) is 0. The molecular weight excluding hydrogens is 212 g/mol. The van der Waals surface area contributed by atoms with Gasteiger partial charge in [0.05, 0.1) is 6.42 Å². The van der Waals surface area contributed by atoms with E-state index in [1.54, 1.807) is 0 Å². The molecule has 1 rings (SSSR count). The average molecular weight is 219 g/mol. The number of aliphatic carboxylic acids is 1. The summed E-state index contributed by atoms with van der Waals surface area (Å²) in [5, 5.41) is 17.5. The van der Waals surface area contributed by atoms with Crippen LogP contribution in [-0.2, 0) is 11.2 Å². The van der Waals surface area contributed by atoms with Crippen molar-refractivity contribution in [2.75, 3.05) is 0 Å². The third-order valence-electron chi connectivity index (χ3n) is 1.73. The number of aromatic hydroxyl groups is 1. The summed E-state index contributed by atoms with van der Waals surface area (Å²) in [6.45, 7) is 0. The molecule has 15 heavy (non-hydrogen) atoms. The predicted molar refractivity (Wildman–Crippen MR) is 45.0 cm³/mol. The van der Waals surface area contributed by atoms with E-state index in [-0.39, 0.29) is 0 Å². The van der Waals surface area contributed by atoms with Crippen molar-refractivity contribution in [3.8, 4) is 5.88 Å². The number of carboxylic acids is 1. The minimum absolute atomic E-state index is 0.475. The molecule has 1 aromatic heterocycles. The van der Waals surface area contributed by atoms with Crippen LogP contribution in [0.25, 0.3) is 0 Å². The van der Waals surface area contributed by atoms with Crippen LogP contribution >= 0.6 is 0 Å². The molecule has 0 fully saturated rings. The summed E-state index contributed by atoms with van der Waals surface area (Å²) in [6, 6.07) is 0.572. The van der Waals surface area contributed by atoms with Crippen molar-refractivity contribution in [1.82, 2.24) is 4.98 Å². The van der Waals surface area contributed by atoms with Gasteiger partial charge in [-0.15, -0.1) is 0 Å². The van der Waals surface area contributed by atoms with Crippen LogP contribution in [0.4, 0.5) is 8.78 Å². The van der Waals surface area contributed by atoms with E-state index in [0.29, 0.717) is 6.07 Å². The van der Waals surface area contributed by atoms with Crippen molar-refractivity contribution >= 4 is 5.97 Å². The van der Waals surface area contributed by atoms with Crippen LogP contribution in [0.5, 0.6) is 5.88 Å². The van der Waals surface area contributed by atoms with Crippen LogP contribution in [0.15, 0.2) is 10.9 Å². The number of pyridine rings is 1. The van der Waals surface area contributed by atoms with Gasteiger partial charge in [-0.1, -0.05) is 0 Å². The highest BCUT2D eigenvalue weighted by Gasteiger charge is 2.19. The van der Waals surface area contributed by atoms with Crippen molar-refractivity contribution in [2.45, 2.75) is 12.8 Å². The summed E-state index contributed by atoms with van der Waals surface area (Å²) in [4.78, 5) is 22.9. The number of nitrogens with one attached hydrogen (secondary N) is 1. The third kappa shape index (κ3) is 2.52. The Labute approximate surface area is 82.0 Å². The van der Waals surface area contributed by atoms with Crippen LogP contribution in [0.2, 0.25) is 0 Å². The molecule has 1 heterocycles. The predicted octanol–water partition coefficient (Wildman–Crippen LogP) is 0.645. The second kappa shape index (κ2) is 4.07. The smallest absolute Gasteiger partial charge is 0.308 e. The lowest BCUT2D eigenvalue weighted by atomic mass is 10.1. The Morgan fingerprint density at radius 2 is 2.13 bits per heavy atom. The average Bonchev–Trinajstić information content (AvgIpc) is 2.08. The Hall–Kier alpha value is -1.92. The molecule has 7 heteroatoms. The van der Waals surface area contributed by atoms with Gasteiger partial charge in [0.1, 0.15) is 0 Å². The third-order valence-corrected chi connectivity index (χ3v) is 1.73. The molecule has 0 aromatic carbocycles. The lowest BCUT2D eigenvalue weighted by Gasteiger charge is -2.07. The number of carboxylic acid groups (broad SMARTS) is 1. The van der Waals surface area contributed by atoms with Crippen LogP contribution in [0.1, 0.15) is 17.6 Å². The van der Waals surface area contributed by atoms with Gasteiger partial charge < -0.3 is 10.2 Å². The quantitative estimate of drug-likeness (QED) is 0.695. The van der Waals surface area contributed by atoms with Crippen LogP contribution in [0, 0.1) is 0 Å². The maximum Gasteiger partial charge on any atom is 0.308 e. The van der Waals surface area contributed by atoms with Crippen molar-refractivity contribution in [1.29, 1.82) is 0 Å². The Balaban J connectivity index is 3.33. The van der Waals surface area contributed by atoms with Gasteiger partial charge in [0.2, 0.25) is 0 Å². The standard InChI is InChI=1S/C8H7F2NO4/c9-7(10)3-1-5(12)11-8(15)4(3)2-6(13)14/h1,7H,2H2,(H,13,14)(H2,11,12,15). The molecule has 0 atom stereocenters. The molecular formula is C8H7F2NO4. The van der Waals surface area contributed by atoms with Crippen molar-refractivity contribution < 1.29 is 23.8 Å². The number of aromatic nitrogens is 1. The lowest BCUT2D eigenvalue weighted by Crippen LogP contribution is -2.12. The first-order valence-electron chi connectivity index (χ1n) is 3.87. The van der Waals surface area contributed by atoms with Crippen LogP contribution in [-0.4, -0.2) is 21.2 Å². The molecule has 0 aliphatic carbocycles. The summed E-state index contributed by atoms with van der Waals surface area (Å²) in [5.74, 6) is -2.21. The Morgan fingerprint density at radius 1 is 1.53 bits per heavy atom. The van der Waals surface area contributed by atoms with E-state index < -0.39 is 41.4 Å². The van der Waals surface area contributed by atoms with Crippen molar-refractivity contribution in [3.63, 3.8) is 0 Å². The highest BCUT2D eigenvalue weighted by Crippen LogP contribution is 2.26. The maximum absolute atomic E-state index is 12.4. The monoisotopic (exact) mass is 219 g/mol. The second-order valence-corrected chi connectivity index (χ2v) is 2.79. The maximum atomic E-state index is 12.4. The number of alkyl halides is 2. The van der Waals surface area contributed by atoms with Gasteiger partial charge in [-0.25, -0.2) is 8.78 Å². The first-order valence-corrected chi connectivity index (χ1v) is 3.87. The first-order chi connectivity index (χ1) is 6.91. The van der Waals surface area contributed by atoms with E-state index in [9.17, 15) is 18.4 Å². The van der Waals surface area contributed by atoms with Gasteiger partial charge in [0, 0.05) is 17.2 Å². The summed E-state index contributed by atoms with van der Waals surface area (Å²) >= 11 is 0. The molecule has 0 spiro atoms. The first kappa shape index (κ1) is 11.2. The zero-order valence-electron chi connectivity index (χ0n) is 7.33. The number of H-pyrrole nitrogens is 1.